The second-order valence-electron chi connectivity index (χ2n) is 6.01. The largest absolute Gasteiger partial charge is 0.464 e. The van der Waals surface area contributed by atoms with Crippen molar-refractivity contribution in [2.24, 2.45) is 5.92 Å². The van der Waals surface area contributed by atoms with Crippen LogP contribution in [0.5, 0.6) is 0 Å². The zero-order valence-electron chi connectivity index (χ0n) is 13.3. The Balaban J connectivity index is 1.85. The number of methoxy groups -OCH3 is 1. The Bertz CT molecular complexity index is 435. The monoisotopic (exact) mass is 293 g/mol. The summed E-state index contributed by atoms with van der Waals surface area (Å²) in [5.41, 5.74) is 0. The molecule has 0 unspecified atom stereocenters. The van der Waals surface area contributed by atoms with Gasteiger partial charge in [0.15, 0.2) is 0 Å². The van der Waals surface area contributed by atoms with Gasteiger partial charge in [0, 0.05) is 20.1 Å². The number of aryl methyl sites for hydroxylation is 1. The van der Waals surface area contributed by atoms with Gasteiger partial charge in [0.05, 0.1) is 13.2 Å². The van der Waals surface area contributed by atoms with Crippen LogP contribution >= 0.6 is 0 Å². The van der Waals surface area contributed by atoms with Crippen molar-refractivity contribution in [1.82, 2.24) is 4.90 Å². The maximum Gasteiger partial charge on any atom is 0.223 e. The summed E-state index contributed by atoms with van der Waals surface area (Å²) in [5.74, 6) is 2.70. The van der Waals surface area contributed by atoms with E-state index in [2.05, 4.69) is 0 Å². The lowest BCUT2D eigenvalue weighted by Crippen LogP contribution is -2.33. The van der Waals surface area contributed by atoms with Crippen molar-refractivity contribution in [1.29, 1.82) is 0 Å². The molecule has 1 saturated carbocycles. The van der Waals surface area contributed by atoms with Crippen molar-refractivity contribution < 1.29 is 13.9 Å². The number of ether oxygens (including phenoxy) is 1. The Hall–Kier alpha value is -1.29. The van der Waals surface area contributed by atoms with E-state index in [1.165, 1.54) is 25.7 Å². The van der Waals surface area contributed by atoms with Gasteiger partial charge in [-0.3, -0.25) is 4.79 Å². The third-order valence-electron chi connectivity index (χ3n) is 4.30. The van der Waals surface area contributed by atoms with Gasteiger partial charge < -0.3 is 14.1 Å². The Morgan fingerprint density at radius 3 is 2.76 bits per heavy atom. The quantitative estimate of drug-likeness (QED) is 0.736. The average molecular weight is 293 g/mol. The topological polar surface area (TPSA) is 42.7 Å². The molecule has 0 spiro atoms. The molecule has 118 valence electrons. The van der Waals surface area contributed by atoms with E-state index < -0.39 is 0 Å². The molecule has 0 bridgehead atoms. The molecule has 1 fully saturated rings. The van der Waals surface area contributed by atoms with E-state index in [4.69, 9.17) is 9.15 Å². The predicted molar refractivity (Wildman–Crippen MR) is 81.9 cm³/mol. The zero-order valence-corrected chi connectivity index (χ0v) is 13.3. The molecule has 1 heterocycles. The lowest BCUT2D eigenvalue weighted by molar-refractivity contribution is -0.133. The SMILES string of the molecule is COCCN(Cc1ccc(C)o1)C(=O)CCC1CCCC1. The molecule has 4 nitrogen and oxygen atoms in total. The summed E-state index contributed by atoms with van der Waals surface area (Å²) >= 11 is 0. The second-order valence-corrected chi connectivity index (χ2v) is 6.01. The highest BCUT2D eigenvalue weighted by Gasteiger charge is 2.20. The van der Waals surface area contributed by atoms with E-state index in [1.54, 1.807) is 7.11 Å². The van der Waals surface area contributed by atoms with E-state index in [1.807, 2.05) is 24.0 Å². The van der Waals surface area contributed by atoms with E-state index in [9.17, 15) is 4.79 Å². The fraction of sp³-hybridized carbons (Fsp3) is 0.706. The summed E-state index contributed by atoms with van der Waals surface area (Å²) in [6.45, 7) is 3.65. The smallest absolute Gasteiger partial charge is 0.223 e. The van der Waals surface area contributed by atoms with Gasteiger partial charge in [-0.15, -0.1) is 0 Å². The van der Waals surface area contributed by atoms with Crippen LogP contribution in [0.2, 0.25) is 0 Å². The first-order valence-corrected chi connectivity index (χ1v) is 8.01. The van der Waals surface area contributed by atoms with Crippen molar-refractivity contribution in [2.75, 3.05) is 20.3 Å². The summed E-state index contributed by atoms with van der Waals surface area (Å²) in [5, 5.41) is 0. The third-order valence-corrected chi connectivity index (χ3v) is 4.30. The van der Waals surface area contributed by atoms with Gasteiger partial charge in [-0.1, -0.05) is 25.7 Å². The van der Waals surface area contributed by atoms with Crippen molar-refractivity contribution in [2.45, 2.75) is 52.0 Å². The Morgan fingerprint density at radius 2 is 2.14 bits per heavy atom. The zero-order chi connectivity index (χ0) is 15.1. The van der Waals surface area contributed by atoms with E-state index in [-0.39, 0.29) is 5.91 Å². The fourth-order valence-corrected chi connectivity index (χ4v) is 3.04. The summed E-state index contributed by atoms with van der Waals surface area (Å²) in [6, 6.07) is 3.88. The van der Waals surface area contributed by atoms with Crippen LogP contribution in [0.25, 0.3) is 0 Å². The highest BCUT2D eigenvalue weighted by Crippen LogP contribution is 2.28. The number of hydrogen-bond donors (Lipinski definition) is 0. The van der Waals surface area contributed by atoms with Crippen LogP contribution in [0.3, 0.4) is 0 Å². The molecule has 0 saturated heterocycles. The van der Waals surface area contributed by atoms with Gasteiger partial charge in [-0.2, -0.15) is 0 Å². The lowest BCUT2D eigenvalue weighted by atomic mass is 10.0. The summed E-state index contributed by atoms with van der Waals surface area (Å²) in [6.07, 6.45) is 6.93. The maximum atomic E-state index is 12.4. The molecule has 21 heavy (non-hydrogen) atoms. The molecule has 0 atom stereocenters. The molecule has 1 aliphatic carbocycles. The summed E-state index contributed by atoms with van der Waals surface area (Å²) in [4.78, 5) is 14.3. The molecule has 4 heteroatoms. The van der Waals surface area contributed by atoms with Gasteiger partial charge in [-0.25, -0.2) is 0 Å². The van der Waals surface area contributed by atoms with Gasteiger partial charge in [0.25, 0.3) is 0 Å². The molecule has 1 aromatic rings. The minimum Gasteiger partial charge on any atom is -0.464 e. The van der Waals surface area contributed by atoms with E-state index in [0.29, 0.717) is 26.1 Å². The Kier molecular flexibility index (Phi) is 6.30. The molecule has 1 aromatic heterocycles. The highest BCUT2D eigenvalue weighted by molar-refractivity contribution is 5.76. The minimum absolute atomic E-state index is 0.216. The molecule has 0 aromatic carbocycles. The van der Waals surface area contributed by atoms with Crippen LogP contribution in [0.4, 0.5) is 0 Å². The molecule has 1 aliphatic rings. The first-order valence-electron chi connectivity index (χ1n) is 8.01. The van der Waals surface area contributed by atoms with E-state index in [0.717, 1.165) is 23.9 Å². The van der Waals surface area contributed by atoms with Crippen molar-refractivity contribution in [3.63, 3.8) is 0 Å². The van der Waals surface area contributed by atoms with Crippen LogP contribution < -0.4 is 0 Å². The lowest BCUT2D eigenvalue weighted by Gasteiger charge is -2.22. The van der Waals surface area contributed by atoms with Crippen LogP contribution in [0.15, 0.2) is 16.5 Å². The first-order chi connectivity index (χ1) is 10.2. The van der Waals surface area contributed by atoms with Crippen LogP contribution in [0, 0.1) is 12.8 Å². The number of hydrogen-bond acceptors (Lipinski definition) is 3. The minimum atomic E-state index is 0.216. The maximum absolute atomic E-state index is 12.4. The van der Waals surface area contributed by atoms with Crippen LogP contribution in [-0.4, -0.2) is 31.1 Å². The van der Waals surface area contributed by atoms with Gasteiger partial charge in [0.1, 0.15) is 11.5 Å². The number of carbonyl (C=O) groups excluding carboxylic acids is 1. The predicted octanol–water partition coefficient (Wildman–Crippen LogP) is 3.53. The number of amides is 1. The standard InChI is InChI=1S/C17H27NO3/c1-14-7-9-16(21-14)13-18(11-12-20-2)17(19)10-8-15-5-3-4-6-15/h7,9,15H,3-6,8,10-13H2,1-2H3. The average Bonchev–Trinajstić information content (AvgIpc) is 3.12. The number of carbonyl (C=O) groups is 1. The highest BCUT2D eigenvalue weighted by atomic mass is 16.5. The van der Waals surface area contributed by atoms with Crippen LogP contribution in [0.1, 0.15) is 50.0 Å². The van der Waals surface area contributed by atoms with E-state index >= 15 is 0 Å². The Morgan fingerprint density at radius 1 is 1.38 bits per heavy atom. The van der Waals surface area contributed by atoms with Crippen LogP contribution in [-0.2, 0) is 16.1 Å². The summed E-state index contributed by atoms with van der Waals surface area (Å²) in [7, 11) is 1.66. The van der Waals surface area contributed by atoms with Crippen molar-refractivity contribution >= 4 is 5.91 Å². The fourth-order valence-electron chi connectivity index (χ4n) is 3.04. The number of rotatable bonds is 8. The molecule has 2 rings (SSSR count). The Labute approximate surface area is 127 Å². The number of furan rings is 1. The van der Waals surface area contributed by atoms with Gasteiger partial charge in [0.2, 0.25) is 5.91 Å². The van der Waals surface area contributed by atoms with Gasteiger partial charge >= 0.3 is 0 Å². The van der Waals surface area contributed by atoms with Crippen molar-refractivity contribution in [3.8, 4) is 0 Å². The normalized spacial score (nSPS) is 15.5. The molecule has 1 amide bonds. The third kappa shape index (κ3) is 5.20. The van der Waals surface area contributed by atoms with Crippen molar-refractivity contribution in [3.05, 3.63) is 23.7 Å². The summed E-state index contributed by atoms with van der Waals surface area (Å²) < 4.78 is 10.7. The molecule has 0 radical (unpaired) electrons. The molecular weight excluding hydrogens is 266 g/mol. The molecule has 0 N–H and O–H groups in total. The first kappa shape index (κ1) is 16.1. The van der Waals surface area contributed by atoms with Gasteiger partial charge in [-0.05, 0) is 31.4 Å². The molecule has 0 aliphatic heterocycles. The number of nitrogens with zero attached hydrogens (tertiary/aromatic N) is 1. The second kappa shape index (κ2) is 8.23. The molecular formula is C17H27NO3.